The average molecular weight is 470 g/mol. The molecule has 0 aliphatic carbocycles. The molecule has 0 bridgehead atoms. The van der Waals surface area contributed by atoms with Gasteiger partial charge in [-0.15, -0.1) is 0 Å². The molecule has 0 unspecified atom stereocenters. The molecule has 1 amide bonds. The quantitative estimate of drug-likeness (QED) is 0.403. The lowest BCUT2D eigenvalue weighted by Crippen LogP contribution is -2.47. The number of hydrogen-bond acceptors (Lipinski definition) is 5. The maximum Gasteiger partial charge on any atom is 0.270 e. The number of likely N-dealkylation sites (tertiary alicyclic amines) is 1. The topological polar surface area (TPSA) is 83.1 Å². The lowest BCUT2D eigenvalue weighted by atomic mass is 9.73. The number of aromatic nitrogens is 3. The maximum absolute atomic E-state index is 13.5. The third kappa shape index (κ3) is 4.51. The lowest BCUT2D eigenvalue weighted by molar-refractivity contribution is 0.0520. The first-order valence-corrected chi connectivity index (χ1v) is 12.2. The number of fused-ring (bicyclic) bond motifs is 1. The van der Waals surface area contributed by atoms with Crippen LogP contribution in [0.5, 0.6) is 0 Å². The minimum absolute atomic E-state index is 0.00853. The average Bonchev–Trinajstić information content (AvgIpc) is 3.35. The van der Waals surface area contributed by atoms with Crippen molar-refractivity contribution in [1.29, 1.82) is 0 Å². The van der Waals surface area contributed by atoms with E-state index in [2.05, 4.69) is 34.6 Å². The minimum Gasteiger partial charge on any atom is -0.384 e. The highest BCUT2D eigenvalue weighted by Crippen LogP contribution is 2.36. The Labute approximate surface area is 205 Å². The van der Waals surface area contributed by atoms with E-state index in [1.807, 2.05) is 54.3 Å². The predicted octanol–water partition coefficient (Wildman–Crippen LogP) is 4.88. The summed E-state index contributed by atoms with van der Waals surface area (Å²) in [6.07, 6.45) is 1.72. The zero-order chi connectivity index (χ0) is 24.3. The molecule has 0 spiro atoms. The van der Waals surface area contributed by atoms with Crippen molar-refractivity contribution in [2.45, 2.75) is 25.2 Å². The van der Waals surface area contributed by atoms with Crippen molar-refractivity contribution in [3.8, 4) is 11.4 Å². The third-order valence-corrected chi connectivity index (χ3v) is 6.91. The summed E-state index contributed by atoms with van der Waals surface area (Å²) in [6.45, 7) is 4.75. The molecule has 0 atom stereocenters. The number of piperidine rings is 1. The van der Waals surface area contributed by atoms with Gasteiger partial charge in [-0.1, -0.05) is 60.7 Å². The molecule has 2 aromatic carbocycles. The van der Waals surface area contributed by atoms with Gasteiger partial charge in [0.15, 0.2) is 5.82 Å². The summed E-state index contributed by atoms with van der Waals surface area (Å²) in [4.78, 5) is 28.2. The van der Waals surface area contributed by atoms with Crippen LogP contribution < -0.4 is 5.32 Å². The number of ether oxygens (including phenoxy) is 1. The van der Waals surface area contributed by atoms with Gasteiger partial charge in [0.2, 0.25) is 0 Å². The normalized spacial score (nSPS) is 15.3. The number of nitrogens with one attached hydrogen (secondary N) is 2. The van der Waals surface area contributed by atoms with Gasteiger partial charge in [0, 0.05) is 37.7 Å². The number of benzene rings is 2. The Morgan fingerprint density at radius 1 is 1.06 bits per heavy atom. The first kappa shape index (κ1) is 23.1. The van der Waals surface area contributed by atoms with E-state index in [0.29, 0.717) is 36.9 Å². The summed E-state index contributed by atoms with van der Waals surface area (Å²) in [5, 5.41) is 4.15. The highest BCUT2D eigenvalue weighted by molar-refractivity contribution is 6.00. The number of amides is 1. The largest absolute Gasteiger partial charge is 0.384 e. The molecular weight excluding hydrogens is 438 g/mol. The van der Waals surface area contributed by atoms with Crippen LogP contribution in [0.1, 0.15) is 35.8 Å². The summed E-state index contributed by atoms with van der Waals surface area (Å²) in [7, 11) is 1.75. The monoisotopic (exact) mass is 469 g/mol. The summed E-state index contributed by atoms with van der Waals surface area (Å²) in [5.74, 6) is 1.35. The SMILES string of the molecule is CCNc1nc(-c2ccccc2)nc2[nH]c(C(=O)N3CCC(COC)(c4ccccc4)CC3)cc12. The second-order valence-corrected chi connectivity index (χ2v) is 9.11. The summed E-state index contributed by atoms with van der Waals surface area (Å²) in [5.41, 5.74) is 3.34. The third-order valence-electron chi connectivity index (χ3n) is 6.91. The van der Waals surface area contributed by atoms with E-state index < -0.39 is 0 Å². The van der Waals surface area contributed by atoms with Gasteiger partial charge >= 0.3 is 0 Å². The number of methoxy groups -OCH3 is 1. The fraction of sp³-hybridized carbons (Fsp3) is 0.321. The van der Waals surface area contributed by atoms with Crippen molar-refractivity contribution < 1.29 is 9.53 Å². The van der Waals surface area contributed by atoms with E-state index in [9.17, 15) is 4.79 Å². The van der Waals surface area contributed by atoms with Crippen LogP contribution >= 0.6 is 0 Å². The van der Waals surface area contributed by atoms with Crippen molar-refractivity contribution in [3.63, 3.8) is 0 Å². The van der Waals surface area contributed by atoms with Gasteiger partial charge in [-0.25, -0.2) is 9.97 Å². The number of rotatable bonds is 7. The van der Waals surface area contributed by atoms with Gasteiger partial charge in [-0.3, -0.25) is 4.79 Å². The van der Waals surface area contributed by atoms with Gasteiger partial charge in [0.25, 0.3) is 5.91 Å². The molecular formula is C28H31N5O2. The molecule has 0 radical (unpaired) electrons. The molecule has 5 rings (SSSR count). The second kappa shape index (κ2) is 9.88. The van der Waals surface area contributed by atoms with Gasteiger partial charge < -0.3 is 19.9 Å². The highest BCUT2D eigenvalue weighted by Gasteiger charge is 2.38. The lowest BCUT2D eigenvalue weighted by Gasteiger charge is -2.41. The molecule has 7 nitrogen and oxygen atoms in total. The van der Waals surface area contributed by atoms with Crippen LogP contribution in [0.3, 0.4) is 0 Å². The van der Waals surface area contributed by atoms with E-state index in [1.165, 1.54) is 5.56 Å². The Morgan fingerprint density at radius 2 is 1.74 bits per heavy atom. The summed E-state index contributed by atoms with van der Waals surface area (Å²) < 4.78 is 5.61. The summed E-state index contributed by atoms with van der Waals surface area (Å²) >= 11 is 0. The first-order valence-electron chi connectivity index (χ1n) is 12.2. The van der Waals surface area contributed by atoms with Gasteiger partial charge in [-0.05, 0) is 31.4 Å². The Kier molecular flexibility index (Phi) is 6.51. The molecule has 2 aromatic heterocycles. The molecule has 180 valence electrons. The Balaban J connectivity index is 1.41. The van der Waals surface area contributed by atoms with Gasteiger partial charge in [-0.2, -0.15) is 0 Å². The van der Waals surface area contributed by atoms with E-state index in [0.717, 1.165) is 36.2 Å². The number of nitrogens with zero attached hydrogens (tertiary/aromatic N) is 3. The fourth-order valence-corrected chi connectivity index (χ4v) is 5.04. The number of anilines is 1. The van der Waals surface area contributed by atoms with E-state index in [-0.39, 0.29) is 11.3 Å². The minimum atomic E-state index is -0.0679. The maximum atomic E-state index is 13.5. The van der Waals surface area contributed by atoms with E-state index in [1.54, 1.807) is 7.11 Å². The van der Waals surface area contributed by atoms with Crippen molar-refractivity contribution in [2.24, 2.45) is 0 Å². The zero-order valence-corrected chi connectivity index (χ0v) is 20.3. The Morgan fingerprint density at radius 3 is 2.40 bits per heavy atom. The molecule has 2 N–H and O–H groups in total. The molecule has 7 heteroatoms. The molecule has 3 heterocycles. The van der Waals surface area contributed by atoms with Crippen molar-refractivity contribution in [1.82, 2.24) is 19.9 Å². The van der Waals surface area contributed by atoms with Crippen molar-refractivity contribution >= 4 is 22.8 Å². The fourth-order valence-electron chi connectivity index (χ4n) is 5.04. The second-order valence-electron chi connectivity index (χ2n) is 9.11. The molecule has 0 saturated carbocycles. The molecule has 1 fully saturated rings. The Bertz CT molecular complexity index is 1300. The smallest absolute Gasteiger partial charge is 0.270 e. The van der Waals surface area contributed by atoms with Crippen molar-refractivity contribution in [3.05, 3.63) is 78.0 Å². The zero-order valence-electron chi connectivity index (χ0n) is 20.3. The number of aromatic amines is 1. The number of hydrogen-bond donors (Lipinski definition) is 2. The Hall–Kier alpha value is -3.71. The molecule has 35 heavy (non-hydrogen) atoms. The number of H-pyrrole nitrogens is 1. The highest BCUT2D eigenvalue weighted by atomic mass is 16.5. The van der Waals surface area contributed by atoms with Crippen LogP contribution in [-0.4, -0.2) is 59.1 Å². The number of carbonyl (C=O) groups excluding carboxylic acids is 1. The first-order chi connectivity index (χ1) is 17.1. The van der Waals surface area contributed by atoms with Crippen LogP contribution in [-0.2, 0) is 10.2 Å². The van der Waals surface area contributed by atoms with Gasteiger partial charge in [0.05, 0.1) is 12.0 Å². The number of carbonyl (C=O) groups is 1. The van der Waals surface area contributed by atoms with Crippen LogP contribution in [0.2, 0.25) is 0 Å². The van der Waals surface area contributed by atoms with E-state index in [4.69, 9.17) is 14.7 Å². The standard InChI is InChI=1S/C28H31N5O2/c1-3-29-25-22-18-23(30-26(22)32-24(31-25)20-10-6-4-7-11-20)27(34)33-16-14-28(15-17-33,19-35-2)21-12-8-5-9-13-21/h4-13,18H,3,14-17,19H2,1-2H3,(H2,29,30,31,32). The molecule has 1 aliphatic heterocycles. The molecule has 4 aromatic rings. The summed E-state index contributed by atoms with van der Waals surface area (Å²) in [6, 6.07) is 22.3. The van der Waals surface area contributed by atoms with Crippen LogP contribution in [0.4, 0.5) is 5.82 Å². The van der Waals surface area contributed by atoms with Crippen LogP contribution in [0.25, 0.3) is 22.4 Å². The predicted molar refractivity (Wildman–Crippen MR) is 139 cm³/mol. The van der Waals surface area contributed by atoms with Crippen LogP contribution in [0, 0.1) is 0 Å². The molecule has 1 aliphatic rings. The van der Waals surface area contributed by atoms with E-state index >= 15 is 0 Å². The molecule has 1 saturated heterocycles. The van der Waals surface area contributed by atoms with Gasteiger partial charge in [0.1, 0.15) is 17.2 Å². The van der Waals surface area contributed by atoms with Crippen molar-refractivity contribution in [2.75, 3.05) is 38.7 Å². The van der Waals surface area contributed by atoms with Crippen LogP contribution in [0.15, 0.2) is 66.7 Å².